The first-order valence-corrected chi connectivity index (χ1v) is 7.11. The molecule has 1 aliphatic carbocycles. The van der Waals surface area contributed by atoms with Gasteiger partial charge in [-0.1, -0.05) is 24.4 Å². The summed E-state index contributed by atoms with van der Waals surface area (Å²) >= 11 is 6.42. The lowest BCUT2D eigenvalue weighted by atomic mass is 9.78. The predicted molar refractivity (Wildman–Crippen MR) is 79.1 cm³/mol. The number of ether oxygens (including phenoxy) is 2. The quantitative estimate of drug-likeness (QED) is 0.849. The third-order valence-electron chi connectivity index (χ3n) is 4.23. The molecule has 1 fully saturated rings. The second-order valence-corrected chi connectivity index (χ2v) is 5.61. The van der Waals surface area contributed by atoms with Gasteiger partial charge in [-0.2, -0.15) is 0 Å². The van der Waals surface area contributed by atoms with Gasteiger partial charge >= 0.3 is 0 Å². The van der Waals surface area contributed by atoms with Crippen molar-refractivity contribution in [1.29, 1.82) is 0 Å². The van der Waals surface area contributed by atoms with Gasteiger partial charge in [0, 0.05) is 22.5 Å². The number of rotatable bonds is 5. The number of aldehydes is 1. The first kappa shape index (κ1) is 15.1. The van der Waals surface area contributed by atoms with Crippen LogP contribution in [0.1, 0.15) is 41.6 Å². The molecule has 0 unspecified atom stereocenters. The van der Waals surface area contributed by atoms with Crippen molar-refractivity contribution in [3.63, 3.8) is 0 Å². The second kappa shape index (κ2) is 6.02. The minimum Gasteiger partial charge on any atom is -0.492 e. The minimum absolute atomic E-state index is 0.183. The first-order valence-electron chi connectivity index (χ1n) is 6.73. The summed E-state index contributed by atoms with van der Waals surface area (Å²) in [5, 5.41) is 0.525. The second-order valence-electron chi connectivity index (χ2n) is 5.20. The molecule has 2 rings (SSSR count). The third kappa shape index (κ3) is 2.27. The van der Waals surface area contributed by atoms with Crippen molar-refractivity contribution in [2.45, 2.75) is 31.1 Å². The smallest absolute Gasteiger partial charge is 0.171 e. The molecule has 1 saturated carbocycles. The maximum atomic E-state index is 11.2. The van der Waals surface area contributed by atoms with Crippen LogP contribution in [-0.2, 0) is 5.41 Å². The van der Waals surface area contributed by atoms with Gasteiger partial charge in [-0.15, -0.1) is 0 Å². The van der Waals surface area contributed by atoms with Gasteiger partial charge in [0.1, 0.15) is 0 Å². The third-order valence-corrected chi connectivity index (χ3v) is 4.53. The van der Waals surface area contributed by atoms with Crippen LogP contribution >= 0.6 is 11.6 Å². The molecule has 0 spiro atoms. The Bertz CT molecular complexity index is 510. The van der Waals surface area contributed by atoms with Gasteiger partial charge in [-0.05, 0) is 18.9 Å². The molecular weight excluding hydrogens is 278 g/mol. The number of hydrogen-bond donors (Lipinski definition) is 1. The summed E-state index contributed by atoms with van der Waals surface area (Å²) in [6, 6.07) is 1.64. The molecule has 110 valence electrons. The Morgan fingerprint density at radius 2 is 1.90 bits per heavy atom. The summed E-state index contributed by atoms with van der Waals surface area (Å²) in [6.45, 7) is 0.507. The van der Waals surface area contributed by atoms with Crippen LogP contribution in [0.4, 0.5) is 0 Å². The zero-order chi connectivity index (χ0) is 14.8. The van der Waals surface area contributed by atoms with Gasteiger partial charge in [-0.25, -0.2) is 0 Å². The lowest BCUT2D eigenvalue weighted by Crippen LogP contribution is -2.33. The van der Waals surface area contributed by atoms with E-state index < -0.39 is 0 Å². The Morgan fingerprint density at radius 1 is 1.30 bits per heavy atom. The summed E-state index contributed by atoms with van der Waals surface area (Å²) < 4.78 is 10.9. The number of carbonyl (C=O) groups excluding carboxylic acids is 1. The Hall–Kier alpha value is -1.26. The molecule has 0 bridgehead atoms. The van der Waals surface area contributed by atoms with E-state index in [9.17, 15) is 4.79 Å². The molecule has 1 aromatic carbocycles. The summed E-state index contributed by atoms with van der Waals surface area (Å²) in [6.07, 6.45) is 4.91. The Kier molecular flexibility index (Phi) is 4.55. The van der Waals surface area contributed by atoms with Crippen LogP contribution in [0, 0.1) is 0 Å². The maximum absolute atomic E-state index is 11.2. The van der Waals surface area contributed by atoms with Gasteiger partial charge in [0.25, 0.3) is 0 Å². The van der Waals surface area contributed by atoms with Crippen LogP contribution in [0.25, 0.3) is 0 Å². The highest BCUT2D eigenvalue weighted by molar-refractivity contribution is 6.32. The van der Waals surface area contributed by atoms with Gasteiger partial charge in [0.15, 0.2) is 17.8 Å². The van der Waals surface area contributed by atoms with Gasteiger partial charge in [0.05, 0.1) is 19.8 Å². The highest BCUT2D eigenvalue weighted by Crippen LogP contribution is 2.50. The summed E-state index contributed by atoms with van der Waals surface area (Å²) in [5.74, 6) is 0.969. The molecule has 4 nitrogen and oxygen atoms in total. The number of halogens is 1. The Morgan fingerprint density at radius 3 is 2.35 bits per heavy atom. The molecule has 0 aromatic heterocycles. The van der Waals surface area contributed by atoms with E-state index in [1.165, 1.54) is 7.11 Å². The normalized spacial score (nSPS) is 17.0. The predicted octanol–water partition coefficient (Wildman–Crippen LogP) is 2.94. The van der Waals surface area contributed by atoms with E-state index >= 15 is 0 Å². The van der Waals surface area contributed by atoms with E-state index in [-0.39, 0.29) is 5.41 Å². The summed E-state index contributed by atoms with van der Waals surface area (Å²) in [4.78, 5) is 11.2. The van der Waals surface area contributed by atoms with Crippen molar-refractivity contribution >= 4 is 17.9 Å². The minimum atomic E-state index is -0.183. The fourth-order valence-corrected chi connectivity index (χ4v) is 3.63. The highest BCUT2D eigenvalue weighted by atomic mass is 35.5. The lowest BCUT2D eigenvalue weighted by Gasteiger charge is -2.31. The van der Waals surface area contributed by atoms with E-state index in [1.54, 1.807) is 13.2 Å². The molecule has 0 radical (unpaired) electrons. The summed E-state index contributed by atoms with van der Waals surface area (Å²) in [7, 11) is 3.08. The van der Waals surface area contributed by atoms with Crippen molar-refractivity contribution in [1.82, 2.24) is 0 Å². The number of carbonyl (C=O) groups is 1. The van der Waals surface area contributed by atoms with Gasteiger partial charge < -0.3 is 15.2 Å². The Labute approximate surface area is 124 Å². The first-order chi connectivity index (χ1) is 9.63. The van der Waals surface area contributed by atoms with Gasteiger partial charge in [-0.3, -0.25) is 4.79 Å². The van der Waals surface area contributed by atoms with E-state index in [0.717, 1.165) is 37.5 Å². The van der Waals surface area contributed by atoms with Crippen LogP contribution in [-0.4, -0.2) is 27.1 Å². The van der Waals surface area contributed by atoms with E-state index in [4.69, 9.17) is 26.8 Å². The Balaban J connectivity index is 2.71. The molecular formula is C15H20ClNO3. The molecule has 20 heavy (non-hydrogen) atoms. The molecule has 0 atom stereocenters. The lowest BCUT2D eigenvalue weighted by molar-refractivity contribution is 0.112. The molecule has 2 N–H and O–H groups in total. The number of benzene rings is 1. The van der Waals surface area contributed by atoms with Crippen LogP contribution in [0.15, 0.2) is 6.07 Å². The number of nitrogens with two attached hydrogens (primary N) is 1. The number of hydrogen-bond acceptors (Lipinski definition) is 4. The maximum Gasteiger partial charge on any atom is 0.171 e. The molecule has 5 heteroatoms. The van der Waals surface area contributed by atoms with Crippen molar-refractivity contribution in [3.05, 3.63) is 22.2 Å². The molecule has 0 amide bonds. The molecule has 0 saturated heterocycles. The van der Waals surface area contributed by atoms with Crippen molar-refractivity contribution in [3.8, 4) is 11.5 Å². The largest absolute Gasteiger partial charge is 0.492 e. The average molecular weight is 298 g/mol. The topological polar surface area (TPSA) is 61.5 Å². The van der Waals surface area contributed by atoms with E-state index in [1.807, 2.05) is 0 Å². The van der Waals surface area contributed by atoms with Crippen molar-refractivity contribution in [2.24, 2.45) is 5.73 Å². The molecule has 1 aromatic rings. The van der Waals surface area contributed by atoms with Gasteiger partial charge in [0.2, 0.25) is 0 Å². The van der Waals surface area contributed by atoms with Crippen molar-refractivity contribution in [2.75, 3.05) is 20.8 Å². The molecule has 1 aliphatic rings. The van der Waals surface area contributed by atoms with Crippen LogP contribution < -0.4 is 15.2 Å². The van der Waals surface area contributed by atoms with E-state index in [2.05, 4.69) is 0 Å². The zero-order valence-electron chi connectivity index (χ0n) is 11.9. The fraction of sp³-hybridized carbons (Fsp3) is 0.533. The zero-order valence-corrected chi connectivity index (χ0v) is 12.6. The number of methoxy groups -OCH3 is 2. The fourth-order valence-electron chi connectivity index (χ4n) is 3.22. The summed E-state index contributed by atoms with van der Waals surface area (Å²) in [5.41, 5.74) is 7.12. The van der Waals surface area contributed by atoms with E-state index in [0.29, 0.717) is 28.6 Å². The van der Waals surface area contributed by atoms with Crippen molar-refractivity contribution < 1.29 is 14.3 Å². The monoisotopic (exact) mass is 297 g/mol. The average Bonchev–Trinajstić information content (AvgIpc) is 2.95. The molecule has 0 heterocycles. The standard InChI is InChI=1S/C15H20ClNO3/c1-19-13-10(8-18)7-11(16)12(14(13)20-2)15(9-17)5-3-4-6-15/h7-8H,3-6,9,17H2,1-2H3. The SMILES string of the molecule is COc1c(C=O)cc(Cl)c(C2(CN)CCCC2)c1OC. The molecule has 0 aliphatic heterocycles. The van der Waals surface area contributed by atoms with Crippen LogP contribution in [0.5, 0.6) is 11.5 Å². The van der Waals surface area contributed by atoms with Crippen LogP contribution in [0.2, 0.25) is 5.02 Å². The highest BCUT2D eigenvalue weighted by Gasteiger charge is 2.40. The van der Waals surface area contributed by atoms with Crippen LogP contribution in [0.3, 0.4) is 0 Å².